The lowest BCUT2D eigenvalue weighted by atomic mass is 10.0. The number of aromatic nitrogens is 3. The first-order valence-corrected chi connectivity index (χ1v) is 8.02. The van der Waals surface area contributed by atoms with Crippen molar-refractivity contribution in [2.45, 2.75) is 45.6 Å². The van der Waals surface area contributed by atoms with Crippen LogP contribution in [0.2, 0.25) is 0 Å². The van der Waals surface area contributed by atoms with Crippen molar-refractivity contribution >= 4 is 5.95 Å². The lowest BCUT2D eigenvalue weighted by molar-refractivity contribution is 0.316. The molecule has 0 aliphatic carbocycles. The fourth-order valence-electron chi connectivity index (χ4n) is 2.83. The fourth-order valence-corrected chi connectivity index (χ4v) is 2.83. The summed E-state index contributed by atoms with van der Waals surface area (Å²) in [6.45, 7) is 4.93. The van der Waals surface area contributed by atoms with Crippen LogP contribution in [0, 0.1) is 0 Å². The summed E-state index contributed by atoms with van der Waals surface area (Å²) in [6.07, 6.45) is 3.74. The Balaban J connectivity index is 1.86. The van der Waals surface area contributed by atoms with Crippen LogP contribution >= 0.6 is 0 Å². The average Bonchev–Trinajstić information content (AvgIpc) is 2.77. The molecule has 0 saturated carbocycles. The van der Waals surface area contributed by atoms with Gasteiger partial charge >= 0.3 is 0 Å². The minimum Gasteiger partial charge on any atom is -0.493 e. The molecule has 0 bridgehead atoms. The SMILES string of the molecule is CCc1nnc(NC2CCCOc3ccccc32)nc1CC. The van der Waals surface area contributed by atoms with E-state index in [1.165, 1.54) is 5.56 Å². The van der Waals surface area contributed by atoms with Crippen LogP contribution in [0.15, 0.2) is 24.3 Å². The van der Waals surface area contributed by atoms with E-state index in [4.69, 9.17) is 4.74 Å². The molecule has 1 aromatic heterocycles. The van der Waals surface area contributed by atoms with Gasteiger partial charge in [-0.15, -0.1) is 5.10 Å². The summed E-state index contributed by atoms with van der Waals surface area (Å²) in [6, 6.07) is 8.33. The summed E-state index contributed by atoms with van der Waals surface area (Å²) in [5.74, 6) is 1.56. The van der Waals surface area contributed by atoms with Crippen LogP contribution in [0.5, 0.6) is 5.75 Å². The summed E-state index contributed by atoms with van der Waals surface area (Å²) in [7, 11) is 0. The Labute approximate surface area is 131 Å². The molecule has 0 radical (unpaired) electrons. The standard InChI is InChI=1S/C17H22N4O/c1-3-13-14(4-2)20-21-17(18-13)19-15-9-7-11-22-16-10-6-5-8-12(15)16/h5-6,8,10,15H,3-4,7,9,11H2,1-2H3,(H,18,19,21). The van der Waals surface area contributed by atoms with Crippen LogP contribution in [0.25, 0.3) is 0 Å². The van der Waals surface area contributed by atoms with Crippen molar-refractivity contribution in [2.75, 3.05) is 11.9 Å². The molecular weight excluding hydrogens is 276 g/mol. The van der Waals surface area contributed by atoms with Crippen LogP contribution in [0.3, 0.4) is 0 Å². The van der Waals surface area contributed by atoms with E-state index in [0.29, 0.717) is 5.95 Å². The van der Waals surface area contributed by atoms with Crippen molar-refractivity contribution in [3.05, 3.63) is 41.2 Å². The fraction of sp³-hybridized carbons (Fsp3) is 0.471. The number of ether oxygens (including phenoxy) is 1. The predicted molar refractivity (Wildman–Crippen MR) is 86.1 cm³/mol. The minimum atomic E-state index is 0.165. The number of rotatable bonds is 4. The number of benzene rings is 1. The highest BCUT2D eigenvalue weighted by Crippen LogP contribution is 2.32. The second-order valence-electron chi connectivity index (χ2n) is 5.46. The first-order valence-electron chi connectivity index (χ1n) is 8.02. The van der Waals surface area contributed by atoms with Crippen molar-refractivity contribution in [1.29, 1.82) is 0 Å². The molecule has 0 spiro atoms. The molecule has 2 aromatic rings. The van der Waals surface area contributed by atoms with Gasteiger partial charge in [-0.1, -0.05) is 32.0 Å². The third kappa shape index (κ3) is 3.03. The topological polar surface area (TPSA) is 59.9 Å². The summed E-state index contributed by atoms with van der Waals surface area (Å²) in [5.41, 5.74) is 3.18. The van der Waals surface area contributed by atoms with Crippen LogP contribution in [-0.4, -0.2) is 21.8 Å². The molecule has 1 aliphatic rings. The molecule has 1 aliphatic heterocycles. The Morgan fingerprint density at radius 1 is 1.14 bits per heavy atom. The molecule has 0 saturated heterocycles. The van der Waals surface area contributed by atoms with E-state index in [2.05, 4.69) is 40.4 Å². The molecule has 5 heteroatoms. The van der Waals surface area contributed by atoms with Crippen molar-refractivity contribution in [3.63, 3.8) is 0 Å². The maximum Gasteiger partial charge on any atom is 0.243 e. The first kappa shape index (κ1) is 14.8. The second-order valence-corrected chi connectivity index (χ2v) is 5.46. The highest BCUT2D eigenvalue weighted by Gasteiger charge is 2.20. The van der Waals surface area contributed by atoms with E-state index in [0.717, 1.165) is 49.4 Å². The number of para-hydroxylation sites is 1. The van der Waals surface area contributed by atoms with Crippen molar-refractivity contribution in [2.24, 2.45) is 0 Å². The van der Waals surface area contributed by atoms with Gasteiger partial charge in [0.1, 0.15) is 5.75 Å². The van der Waals surface area contributed by atoms with Gasteiger partial charge in [0.2, 0.25) is 5.95 Å². The number of hydrogen-bond acceptors (Lipinski definition) is 5. The smallest absolute Gasteiger partial charge is 0.243 e. The van der Waals surface area contributed by atoms with Gasteiger partial charge in [0.25, 0.3) is 0 Å². The molecule has 3 rings (SSSR count). The largest absolute Gasteiger partial charge is 0.493 e. The van der Waals surface area contributed by atoms with Gasteiger partial charge in [0.15, 0.2) is 0 Å². The lowest BCUT2D eigenvalue weighted by Crippen LogP contribution is -2.15. The quantitative estimate of drug-likeness (QED) is 0.938. The Hall–Kier alpha value is -2.17. The molecule has 1 aromatic carbocycles. The second kappa shape index (κ2) is 6.73. The van der Waals surface area contributed by atoms with Crippen LogP contribution < -0.4 is 10.1 Å². The van der Waals surface area contributed by atoms with Crippen molar-refractivity contribution in [1.82, 2.24) is 15.2 Å². The summed E-state index contributed by atoms with van der Waals surface area (Å²) in [5, 5.41) is 12.0. The van der Waals surface area contributed by atoms with Gasteiger partial charge in [0, 0.05) is 5.56 Å². The molecule has 0 amide bonds. The monoisotopic (exact) mass is 298 g/mol. The number of nitrogens with zero attached hydrogens (tertiary/aromatic N) is 3. The maximum absolute atomic E-state index is 5.80. The zero-order valence-electron chi connectivity index (χ0n) is 13.2. The lowest BCUT2D eigenvalue weighted by Gasteiger charge is -2.18. The first-order chi connectivity index (χ1) is 10.8. The molecule has 5 nitrogen and oxygen atoms in total. The molecule has 116 valence electrons. The molecule has 1 N–H and O–H groups in total. The van der Waals surface area contributed by atoms with Crippen LogP contribution in [-0.2, 0) is 12.8 Å². The summed E-state index contributed by atoms with van der Waals surface area (Å²) >= 11 is 0. The molecule has 0 fully saturated rings. The van der Waals surface area contributed by atoms with Gasteiger partial charge in [-0.25, -0.2) is 4.98 Å². The zero-order valence-corrected chi connectivity index (χ0v) is 13.2. The molecule has 2 heterocycles. The van der Waals surface area contributed by atoms with E-state index in [1.54, 1.807) is 0 Å². The van der Waals surface area contributed by atoms with E-state index in [9.17, 15) is 0 Å². The highest BCUT2D eigenvalue weighted by molar-refractivity contribution is 5.41. The molecule has 1 unspecified atom stereocenters. The van der Waals surface area contributed by atoms with E-state index in [1.807, 2.05) is 18.2 Å². The Morgan fingerprint density at radius 2 is 1.95 bits per heavy atom. The van der Waals surface area contributed by atoms with E-state index >= 15 is 0 Å². The van der Waals surface area contributed by atoms with Gasteiger partial charge in [-0.2, -0.15) is 5.10 Å². The van der Waals surface area contributed by atoms with E-state index in [-0.39, 0.29) is 6.04 Å². The number of nitrogens with one attached hydrogen (secondary N) is 1. The normalized spacial score (nSPS) is 17.3. The zero-order chi connectivity index (χ0) is 15.4. The van der Waals surface area contributed by atoms with E-state index < -0.39 is 0 Å². The van der Waals surface area contributed by atoms with Gasteiger partial charge < -0.3 is 10.1 Å². The average molecular weight is 298 g/mol. The molecule has 22 heavy (non-hydrogen) atoms. The number of hydrogen-bond donors (Lipinski definition) is 1. The van der Waals surface area contributed by atoms with Crippen molar-refractivity contribution < 1.29 is 4.74 Å². The summed E-state index contributed by atoms with van der Waals surface area (Å²) < 4.78 is 5.80. The van der Waals surface area contributed by atoms with Crippen molar-refractivity contribution in [3.8, 4) is 5.75 Å². The third-order valence-electron chi connectivity index (χ3n) is 4.00. The Kier molecular flexibility index (Phi) is 4.51. The summed E-state index contributed by atoms with van der Waals surface area (Å²) in [4.78, 5) is 4.63. The highest BCUT2D eigenvalue weighted by atomic mass is 16.5. The molecule has 1 atom stereocenters. The number of anilines is 1. The number of fused-ring (bicyclic) bond motifs is 1. The maximum atomic E-state index is 5.80. The minimum absolute atomic E-state index is 0.165. The van der Waals surface area contributed by atoms with Gasteiger partial charge in [0.05, 0.1) is 24.0 Å². The number of aryl methyl sites for hydroxylation is 2. The Bertz CT molecular complexity index is 644. The molecular formula is C17H22N4O. The predicted octanol–water partition coefficient (Wildman–Crippen LogP) is 3.32. The third-order valence-corrected chi connectivity index (χ3v) is 4.00. The van der Waals surface area contributed by atoms with Gasteiger partial charge in [-0.3, -0.25) is 0 Å². The van der Waals surface area contributed by atoms with Gasteiger partial charge in [-0.05, 0) is 31.7 Å². The van der Waals surface area contributed by atoms with Crippen LogP contribution in [0.1, 0.15) is 49.7 Å². The Morgan fingerprint density at radius 3 is 2.77 bits per heavy atom. The van der Waals surface area contributed by atoms with Crippen LogP contribution in [0.4, 0.5) is 5.95 Å².